The van der Waals surface area contributed by atoms with Crippen molar-refractivity contribution in [1.29, 1.82) is 0 Å². The van der Waals surface area contributed by atoms with Crippen LogP contribution >= 0.6 is 24.0 Å². The maximum absolute atomic E-state index is 6.02. The Morgan fingerprint density at radius 1 is 1.07 bits per heavy atom. The number of benzene rings is 1. The Morgan fingerprint density at radius 2 is 1.86 bits per heavy atom. The first-order valence-corrected chi connectivity index (χ1v) is 9.74. The van der Waals surface area contributed by atoms with E-state index in [1.165, 1.54) is 0 Å². The van der Waals surface area contributed by atoms with Gasteiger partial charge in [0.15, 0.2) is 5.96 Å². The number of aliphatic imine (C=N–C) groups is 1. The van der Waals surface area contributed by atoms with Crippen molar-refractivity contribution in [2.24, 2.45) is 4.99 Å². The van der Waals surface area contributed by atoms with Crippen molar-refractivity contribution in [3.05, 3.63) is 54.0 Å². The van der Waals surface area contributed by atoms with E-state index >= 15 is 0 Å². The van der Waals surface area contributed by atoms with Gasteiger partial charge in [0.25, 0.3) is 0 Å². The molecule has 0 saturated heterocycles. The summed E-state index contributed by atoms with van der Waals surface area (Å²) in [5, 5.41) is 6.54. The Balaban J connectivity index is 0.00000392. The molecule has 0 aliphatic heterocycles. The van der Waals surface area contributed by atoms with Gasteiger partial charge in [0, 0.05) is 18.7 Å². The molecule has 7 heteroatoms. The van der Waals surface area contributed by atoms with E-state index < -0.39 is 0 Å². The molecule has 0 aliphatic carbocycles. The van der Waals surface area contributed by atoms with Crippen LogP contribution in [0.15, 0.2) is 52.1 Å². The summed E-state index contributed by atoms with van der Waals surface area (Å²) in [6, 6.07) is 11.9. The number of furan rings is 1. The zero-order chi connectivity index (χ0) is 19.3. The van der Waals surface area contributed by atoms with Gasteiger partial charge in [-0.05, 0) is 38.2 Å². The first-order chi connectivity index (χ1) is 13.3. The summed E-state index contributed by atoms with van der Waals surface area (Å²) in [6.07, 6.45) is 1.67. The first-order valence-electron chi connectivity index (χ1n) is 9.74. The highest BCUT2D eigenvalue weighted by Gasteiger charge is 2.06. The molecule has 6 nitrogen and oxygen atoms in total. The van der Waals surface area contributed by atoms with Gasteiger partial charge in [0.05, 0.1) is 19.4 Å². The number of halogens is 1. The normalized spacial score (nSPS) is 11.2. The van der Waals surface area contributed by atoms with Gasteiger partial charge in [0.1, 0.15) is 18.1 Å². The molecule has 1 heterocycles. The minimum atomic E-state index is 0. The summed E-state index contributed by atoms with van der Waals surface area (Å²) in [6.45, 7) is 12.0. The minimum absolute atomic E-state index is 0. The van der Waals surface area contributed by atoms with Crippen molar-refractivity contribution in [3.63, 3.8) is 0 Å². The highest BCUT2D eigenvalue weighted by Crippen LogP contribution is 2.18. The van der Waals surface area contributed by atoms with Gasteiger partial charge in [-0.1, -0.05) is 32.0 Å². The van der Waals surface area contributed by atoms with Crippen LogP contribution in [0.3, 0.4) is 0 Å². The first kappa shape index (κ1) is 24.3. The minimum Gasteiger partial charge on any atom is -0.492 e. The number of nitrogens with zero attached hydrogens (tertiary/aromatic N) is 2. The van der Waals surface area contributed by atoms with Crippen molar-refractivity contribution >= 4 is 29.9 Å². The highest BCUT2D eigenvalue weighted by atomic mass is 127. The fourth-order valence-corrected chi connectivity index (χ4v) is 2.69. The maximum Gasteiger partial charge on any atom is 0.191 e. The molecule has 0 fully saturated rings. The molecule has 2 rings (SSSR count). The summed E-state index contributed by atoms with van der Waals surface area (Å²) in [7, 11) is 0. The Kier molecular flexibility index (Phi) is 12.4. The standard InChI is InChI=1S/C21H32N4O2.HI/c1-4-22-21(24-17-19-11-9-14-26-19)23-16-18-10-7-8-12-20(18)27-15-13-25(5-2)6-3;/h7-12,14H,4-6,13,15-17H2,1-3H3,(H2,22,23,24);1H. The molecule has 0 saturated carbocycles. The van der Waals surface area contributed by atoms with Gasteiger partial charge < -0.3 is 24.7 Å². The number of hydrogen-bond donors (Lipinski definition) is 2. The number of likely N-dealkylation sites (N-methyl/N-ethyl adjacent to an activating group) is 1. The van der Waals surface area contributed by atoms with Crippen LogP contribution < -0.4 is 15.4 Å². The lowest BCUT2D eigenvalue weighted by Gasteiger charge is -2.18. The Labute approximate surface area is 185 Å². The van der Waals surface area contributed by atoms with Crippen molar-refractivity contribution in [3.8, 4) is 5.75 Å². The van der Waals surface area contributed by atoms with E-state index in [2.05, 4.69) is 40.4 Å². The lowest BCUT2D eigenvalue weighted by atomic mass is 10.2. The molecule has 1 aromatic carbocycles. The SMILES string of the molecule is CCNC(=NCc1ccccc1OCCN(CC)CC)NCc1ccco1.I. The molecule has 156 valence electrons. The van der Waals surface area contributed by atoms with Gasteiger partial charge in [-0.25, -0.2) is 4.99 Å². The summed E-state index contributed by atoms with van der Waals surface area (Å²) in [5.41, 5.74) is 1.08. The third-order valence-corrected chi connectivity index (χ3v) is 4.29. The Bertz CT molecular complexity index is 673. The summed E-state index contributed by atoms with van der Waals surface area (Å²) in [4.78, 5) is 7.03. The lowest BCUT2D eigenvalue weighted by molar-refractivity contribution is 0.221. The van der Waals surface area contributed by atoms with Crippen LogP contribution in [-0.2, 0) is 13.1 Å². The highest BCUT2D eigenvalue weighted by molar-refractivity contribution is 14.0. The third-order valence-electron chi connectivity index (χ3n) is 4.29. The fraction of sp³-hybridized carbons (Fsp3) is 0.476. The molecule has 0 spiro atoms. The van der Waals surface area contributed by atoms with Crippen molar-refractivity contribution in [1.82, 2.24) is 15.5 Å². The van der Waals surface area contributed by atoms with Crippen LogP contribution in [0.4, 0.5) is 0 Å². The molecule has 2 aromatic rings. The van der Waals surface area contributed by atoms with Crippen molar-refractivity contribution in [2.45, 2.75) is 33.9 Å². The van der Waals surface area contributed by atoms with E-state index in [-0.39, 0.29) is 24.0 Å². The van der Waals surface area contributed by atoms with Gasteiger partial charge >= 0.3 is 0 Å². The second-order valence-corrected chi connectivity index (χ2v) is 6.11. The van der Waals surface area contributed by atoms with E-state index in [0.29, 0.717) is 19.7 Å². The van der Waals surface area contributed by atoms with E-state index in [1.807, 2.05) is 37.3 Å². The molecule has 0 amide bonds. The summed E-state index contributed by atoms with van der Waals surface area (Å²) in [5.74, 6) is 2.53. The van der Waals surface area contributed by atoms with Crippen LogP contribution in [0.2, 0.25) is 0 Å². The monoisotopic (exact) mass is 500 g/mol. The number of guanidine groups is 1. The molecule has 1 aromatic heterocycles. The number of nitrogens with one attached hydrogen (secondary N) is 2. The fourth-order valence-electron chi connectivity index (χ4n) is 2.69. The van der Waals surface area contributed by atoms with Gasteiger partial charge in [-0.15, -0.1) is 24.0 Å². The molecular weight excluding hydrogens is 467 g/mol. The maximum atomic E-state index is 6.02. The molecule has 0 radical (unpaired) electrons. The number of hydrogen-bond acceptors (Lipinski definition) is 4. The molecule has 0 aliphatic rings. The molecular formula is C21H33IN4O2. The second kappa shape index (κ2) is 14.3. The average Bonchev–Trinajstić information content (AvgIpc) is 3.22. The van der Waals surface area contributed by atoms with Crippen LogP contribution in [0.1, 0.15) is 32.1 Å². The lowest BCUT2D eigenvalue weighted by Crippen LogP contribution is -2.36. The third kappa shape index (κ3) is 8.52. The number of ether oxygens (including phenoxy) is 1. The predicted molar refractivity (Wildman–Crippen MR) is 126 cm³/mol. The van der Waals surface area contributed by atoms with Crippen molar-refractivity contribution < 1.29 is 9.15 Å². The molecule has 28 heavy (non-hydrogen) atoms. The smallest absolute Gasteiger partial charge is 0.191 e. The topological polar surface area (TPSA) is 62.0 Å². The zero-order valence-electron chi connectivity index (χ0n) is 17.1. The zero-order valence-corrected chi connectivity index (χ0v) is 19.4. The van der Waals surface area contributed by atoms with E-state index in [9.17, 15) is 0 Å². The molecule has 0 unspecified atom stereocenters. The van der Waals surface area contributed by atoms with E-state index in [4.69, 9.17) is 9.15 Å². The number of rotatable bonds is 11. The Hall–Kier alpha value is -1.74. The van der Waals surface area contributed by atoms with Gasteiger partial charge in [-0.2, -0.15) is 0 Å². The molecule has 0 atom stereocenters. The quantitative estimate of drug-likeness (QED) is 0.279. The largest absolute Gasteiger partial charge is 0.492 e. The van der Waals surface area contributed by atoms with Gasteiger partial charge in [-0.3, -0.25) is 0 Å². The second-order valence-electron chi connectivity index (χ2n) is 6.11. The predicted octanol–water partition coefficient (Wildman–Crippen LogP) is 3.87. The molecule has 0 bridgehead atoms. The van der Waals surface area contributed by atoms with Crippen LogP contribution in [0.5, 0.6) is 5.75 Å². The number of para-hydroxylation sites is 1. The van der Waals surface area contributed by atoms with Crippen LogP contribution in [-0.4, -0.2) is 43.6 Å². The van der Waals surface area contributed by atoms with Gasteiger partial charge in [0.2, 0.25) is 0 Å². The van der Waals surface area contributed by atoms with Crippen molar-refractivity contribution in [2.75, 3.05) is 32.8 Å². The van der Waals surface area contributed by atoms with E-state index in [0.717, 1.165) is 49.2 Å². The Morgan fingerprint density at radius 3 is 2.54 bits per heavy atom. The summed E-state index contributed by atoms with van der Waals surface area (Å²) < 4.78 is 11.4. The van der Waals surface area contributed by atoms with E-state index in [1.54, 1.807) is 6.26 Å². The van der Waals surface area contributed by atoms with Crippen LogP contribution in [0, 0.1) is 0 Å². The van der Waals surface area contributed by atoms with Crippen LogP contribution in [0.25, 0.3) is 0 Å². The molecule has 2 N–H and O–H groups in total. The average molecular weight is 500 g/mol. The summed E-state index contributed by atoms with van der Waals surface area (Å²) >= 11 is 0.